The lowest BCUT2D eigenvalue weighted by atomic mass is 9.84. The van der Waals surface area contributed by atoms with Gasteiger partial charge in [-0.2, -0.15) is 0 Å². The molecule has 0 rings (SSSR count). The normalized spacial score (nSPS) is 12.0. The minimum Gasteiger partial charge on any atom is -0.0415 e. The van der Waals surface area contributed by atoms with E-state index in [0.717, 1.165) is 6.43 Å². The Morgan fingerprint density at radius 2 is 1.62 bits per heavy atom. The van der Waals surface area contributed by atoms with Crippen molar-refractivity contribution >= 4 is 23.1 Å². The monoisotopic (exact) mass is 149 g/mol. The molecule has 0 saturated carbocycles. The van der Waals surface area contributed by atoms with Gasteiger partial charge in [0.05, 0.1) is 6.66 Å². The standard InChI is InChI=1S/C5H15BPS/c1-6(2)7(3)8(4)5/h1-5H3/q+1. The molecule has 0 saturated heterocycles. The summed E-state index contributed by atoms with van der Waals surface area (Å²) in [5.74, 6) is 0. The van der Waals surface area contributed by atoms with Crippen molar-refractivity contribution in [3.05, 3.63) is 0 Å². The third-order valence-electron chi connectivity index (χ3n) is 1.30. The largest absolute Gasteiger partial charge is 0.401 e. The summed E-state index contributed by atoms with van der Waals surface area (Å²) in [5.41, 5.74) is 0. The van der Waals surface area contributed by atoms with Gasteiger partial charge in [-0.3, -0.25) is 0 Å². The van der Waals surface area contributed by atoms with Crippen molar-refractivity contribution in [3.8, 4) is 0 Å². The molecule has 0 aromatic rings. The molecule has 0 aliphatic rings. The highest BCUT2D eigenvalue weighted by Gasteiger charge is 2.15. The minimum atomic E-state index is 0.329. The summed E-state index contributed by atoms with van der Waals surface area (Å²) in [6, 6.07) is 0. The van der Waals surface area contributed by atoms with Gasteiger partial charge in [0, 0.05) is 19.1 Å². The van der Waals surface area contributed by atoms with E-state index in [1.54, 1.807) is 0 Å². The van der Waals surface area contributed by atoms with Crippen molar-refractivity contribution in [1.29, 1.82) is 0 Å². The van der Waals surface area contributed by atoms with Crippen molar-refractivity contribution in [2.45, 2.75) is 13.6 Å². The molecule has 0 aliphatic heterocycles. The van der Waals surface area contributed by atoms with Crippen LogP contribution in [0.2, 0.25) is 13.6 Å². The molecular formula is C5H15BPS+. The molecule has 0 aliphatic carbocycles. The molecule has 0 fully saturated rings. The third kappa shape index (κ3) is 2.89. The van der Waals surface area contributed by atoms with Crippen LogP contribution >= 0.6 is 6.58 Å². The fourth-order valence-corrected chi connectivity index (χ4v) is 3.79. The lowest BCUT2D eigenvalue weighted by Crippen LogP contribution is -1.94. The lowest BCUT2D eigenvalue weighted by Gasteiger charge is -1.89. The van der Waals surface area contributed by atoms with E-state index in [4.69, 9.17) is 0 Å². The first kappa shape index (κ1) is 8.71. The molecule has 48 valence electrons. The molecule has 0 nitrogen and oxygen atoms in total. The first-order chi connectivity index (χ1) is 3.55. The molecule has 0 N–H and O–H groups in total. The Labute approximate surface area is 56.5 Å². The molecule has 8 heavy (non-hydrogen) atoms. The maximum atomic E-state index is 2.39. The van der Waals surface area contributed by atoms with Crippen LogP contribution < -0.4 is 0 Å². The Bertz CT molecular complexity index is 105. The van der Waals surface area contributed by atoms with Gasteiger partial charge in [0.15, 0.2) is 0 Å². The van der Waals surface area contributed by atoms with E-state index in [1.165, 1.54) is 0 Å². The Hall–Kier alpha value is 0.715. The van der Waals surface area contributed by atoms with Gasteiger partial charge >= 0.3 is 6.43 Å². The summed E-state index contributed by atoms with van der Waals surface area (Å²) in [7, 11) is 0.674. The average molecular weight is 149 g/mol. The second-order valence-corrected chi connectivity index (χ2v) is 10.0. The maximum Gasteiger partial charge on any atom is 0.401 e. The molecule has 0 aromatic heterocycles. The van der Waals surface area contributed by atoms with Gasteiger partial charge in [-0.15, -0.1) is 0 Å². The molecule has 1 atom stereocenters. The topological polar surface area (TPSA) is 0 Å². The van der Waals surface area contributed by atoms with Gasteiger partial charge < -0.3 is 0 Å². The van der Waals surface area contributed by atoms with Crippen LogP contribution in [0.15, 0.2) is 0 Å². The Balaban J connectivity index is 4.00. The Morgan fingerprint density at radius 3 is 1.62 bits per heavy atom. The van der Waals surface area contributed by atoms with E-state index in [2.05, 4.69) is 32.8 Å². The molecule has 3 heteroatoms. The molecular weight excluding hydrogens is 134 g/mol. The van der Waals surface area contributed by atoms with E-state index in [1.807, 2.05) is 0 Å². The minimum absolute atomic E-state index is 0.329. The summed E-state index contributed by atoms with van der Waals surface area (Å²) < 4.78 is 0. The maximum absolute atomic E-state index is 2.39. The molecule has 0 aromatic carbocycles. The summed E-state index contributed by atoms with van der Waals surface area (Å²) in [5, 5.41) is 0. The fraction of sp³-hybridized carbons (Fsp3) is 1.00. The van der Waals surface area contributed by atoms with E-state index >= 15 is 0 Å². The van der Waals surface area contributed by atoms with Crippen LogP contribution in [-0.2, 0) is 10.1 Å². The van der Waals surface area contributed by atoms with E-state index in [0.29, 0.717) is 16.6 Å². The Morgan fingerprint density at radius 1 is 1.25 bits per heavy atom. The van der Waals surface area contributed by atoms with E-state index in [-0.39, 0.29) is 0 Å². The van der Waals surface area contributed by atoms with Crippen LogP contribution in [0.3, 0.4) is 0 Å². The molecule has 0 bridgehead atoms. The van der Waals surface area contributed by atoms with Gasteiger partial charge in [0.1, 0.15) is 0 Å². The highest BCUT2D eigenvalue weighted by Crippen LogP contribution is 2.24. The third-order valence-corrected chi connectivity index (χ3v) is 8.63. The summed E-state index contributed by atoms with van der Waals surface area (Å²) in [4.78, 5) is 0. The van der Waals surface area contributed by atoms with Crippen LogP contribution in [0.4, 0.5) is 0 Å². The van der Waals surface area contributed by atoms with Crippen molar-refractivity contribution in [1.82, 2.24) is 0 Å². The highest BCUT2D eigenvalue weighted by atomic mass is 32.5. The highest BCUT2D eigenvalue weighted by molar-refractivity contribution is 8.35. The predicted octanol–water partition coefficient (Wildman–Crippen LogP) is 2.14. The summed E-state index contributed by atoms with van der Waals surface area (Å²) >= 11 is 0. The molecule has 1 unspecified atom stereocenters. The lowest BCUT2D eigenvalue weighted by molar-refractivity contribution is 2.09. The zero-order valence-corrected chi connectivity index (χ0v) is 8.14. The molecule has 0 heterocycles. The second-order valence-electron chi connectivity index (χ2n) is 2.41. The van der Waals surface area contributed by atoms with E-state index < -0.39 is 0 Å². The van der Waals surface area contributed by atoms with Crippen molar-refractivity contribution in [3.63, 3.8) is 0 Å². The first-order valence-electron chi connectivity index (χ1n) is 2.86. The Kier molecular flexibility index (Phi) is 4.02. The van der Waals surface area contributed by atoms with Gasteiger partial charge in [-0.25, -0.2) is 0 Å². The van der Waals surface area contributed by atoms with Gasteiger partial charge in [-0.1, -0.05) is 0 Å². The van der Waals surface area contributed by atoms with Crippen molar-refractivity contribution in [2.24, 2.45) is 0 Å². The van der Waals surface area contributed by atoms with Crippen LogP contribution in [-0.4, -0.2) is 25.6 Å². The summed E-state index contributed by atoms with van der Waals surface area (Å²) in [6.45, 7) is 7.36. The van der Waals surface area contributed by atoms with Crippen LogP contribution in [0.1, 0.15) is 0 Å². The molecule has 0 amide bonds. The van der Waals surface area contributed by atoms with Gasteiger partial charge in [0.25, 0.3) is 0 Å². The van der Waals surface area contributed by atoms with Crippen LogP contribution in [0.25, 0.3) is 0 Å². The van der Waals surface area contributed by atoms with Crippen molar-refractivity contribution < 1.29 is 0 Å². The average Bonchev–Trinajstić information content (AvgIpc) is 1.64. The van der Waals surface area contributed by atoms with E-state index in [9.17, 15) is 0 Å². The summed E-state index contributed by atoms with van der Waals surface area (Å²) in [6.07, 6.45) is 5.60. The number of hydrogen-bond donors (Lipinski definition) is 0. The smallest absolute Gasteiger partial charge is 0.0415 e. The van der Waals surface area contributed by atoms with Crippen LogP contribution in [0, 0.1) is 0 Å². The van der Waals surface area contributed by atoms with Gasteiger partial charge in [-0.05, 0) is 23.7 Å². The van der Waals surface area contributed by atoms with Crippen LogP contribution in [0.5, 0.6) is 0 Å². The SMILES string of the molecule is CB(C)[P+](C)=S(C)C. The quantitative estimate of drug-likeness (QED) is 0.395. The zero-order chi connectivity index (χ0) is 6.73. The van der Waals surface area contributed by atoms with Gasteiger partial charge in [0.2, 0.25) is 0 Å². The predicted molar refractivity (Wildman–Crippen MR) is 49.5 cm³/mol. The first-order valence-corrected chi connectivity index (χ1v) is 7.36. The number of rotatable bonds is 1. The molecule has 0 spiro atoms. The fourth-order valence-electron chi connectivity index (χ4n) is 0.422. The second kappa shape index (κ2) is 3.69. The zero-order valence-electron chi connectivity index (χ0n) is 6.43. The number of hydrogen-bond acceptors (Lipinski definition) is 0. The molecule has 0 radical (unpaired) electrons. The van der Waals surface area contributed by atoms with Crippen molar-refractivity contribution in [2.75, 3.05) is 19.2 Å².